The smallest absolute Gasteiger partial charge is 0.320 e. The lowest BCUT2D eigenvalue weighted by Gasteiger charge is -2.39. The van der Waals surface area contributed by atoms with Gasteiger partial charge in [-0.1, -0.05) is 45.2 Å². The molecule has 1 aromatic rings. The van der Waals surface area contributed by atoms with Gasteiger partial charge in [-0.05, 0) is 108 Å². The minimum absolute atomic E-state index is 0.102. The van der Waals surface area contributed by atoms with Crippen LogP contribution in [0.2, 0.25) is 0 Å². The van der Waals surface area contributed by atoms with Crippen LogP contribution in [-0.2, 0) is 19.1 Å². The zero-order valence-electron chi connectivity index (χ0n) is 33.4. The standard InChI is InChI=1S/C22H39N3O3.C18H25N3O2.C2H6/c1-2-28-22(27)18-23-10-8-20(9-11-23)17-24-12-14-25(15-13-24)21(26)16-19-6-4-3-5-7-19;1-20(16-7-8-16)12-17(22)21-9-3-6-15(11-21)13-4-2-5-14(10-13)18(19)23;1-2/h19-20H,2-18H2,1H3;2,4-5,10,15-16H,3,6-9,11-12H2,1H3,(H2,19,23);1-2H3. The lowest BCUT2D eigenvalue weighted by Crippen LogP contribution is -2.51. The molecule has 1 atom stereocenters. The number of nitrogens with two attached hydrogens (primary N) is 1. The predicted molar refractivity (Wildman–Crippen MR) is 211 cm³/mol. The average Bonchev–Trinajstić information content (AvgIpc) is 4.04. The summed E-state index contributed by atoms with van der Waals surface area (Å²) in [5.41, 5.74) is 7.01. The molecule has 11 heteroatoms. The molecule has 1 aromatic carbocycles. The molecule has 1 unspecified atom stereocenters. The van der Waals surface area contributed by atoms with E-state index in [2.05, 4.69) is 19.6 Å². The molecular weight excluding hydrogens is 668 g/mol. The number of esters is 1. The van der Waals surface area contributed by atoms with Crippen LogP contribution >= 0.6 is 0 Å². The van der Waals surface area contributed by atoms with Crippen LogP contribution < -0.4 is 5.73 Å². The monoisotopic (exact) mass is 739 g/mol. The molecule has 11 nitrogen and oxygen atoms in total. The van der Waals surface area contributed by atoms with E-state index < -0.39 is 5.91 Å². The number of carbonyl (C=O) groups is 4. The molecule has 3 aliphatic heterocycles. The Bertz CT molecular complexity index is 1280. The number of amides is 3. The topological polar surface area (TPSA) is 120 Å². The number of primary amides is 1. The Labute approximate surface area is 319 Å². The van der Waals surface area contributed by atoms with E-state index in [0.29, 0.717) is 55.0 Å². The quantitative estimate of drug-likeness (QED) is 0.298. The third kappa shape index (κ3) is 14.3. The fraction of sp³-hybridized carbons (Fsp3) is 0.762. The lowest BCUT2D eigenvalue weighted by molar-refractivity contribution is -0.145. The summed E-state index contributed by atoms with van der Waals surface area (Å²) in [6.07, 6.45) is 14.0. The Morgan fingerprint density at radius 3 is 2.11 bits per heavy atom. The molecule has 0 spiro atoms. The van der Waals surface area contributed by atoms with Crippen LogP contribution in [-0.4, -0.2) is 140 Å². The van der Waals surface area contributed by atoms with Crippen molar-refractivity contribution < 1.29 is 23.9 Å². The molecule has 2 N–H and O–H groups in total. The van der Waals surface area contributed by atoms with Crippen LogP contribution in [0.3, 0.4) is 0 Å². The van der Waals surface area contributed by atoms with Gasteiger partial charge in [-0.25, -0.2) is 0 Å². The van der Waals surface area contributed by atoms with E-state index in [1.165, 1.54) is 44.9 Å². The van der Waals surface area contributed by atoms with E-state index in [4.69, 9.17) is 10.5 Å². The van der Waals surface area contributed by atoms with E-state index in [1.807, 2.05) is 50.9 Å². The van der Waals surface area contributed by atoms with Gasteiger partial charge in [0.25, 0.3) is 0 Å². The highest BCUT2D eigenvalue weighted by atomic mass is 16.5. The van der Waals surface area contributed by atoms with Crippen molar-refractivity contribution in [1.29, 1.82) is 0 Å². The fourth-order valence-corrected chi connectivity index (χ4v) is 8.41. The molecule has 3 saturated heterocycles. The summed E-state index contributed by atoms with van der Waals surface area (Å²) in [6.45, 7) is 15.8. The zero-order valence-corrected chi connectivity index (χ0v) is 33.4. The van der Waals surface area contributed by atoms with Gasteiger partial charge in [0.1, 0.15) is 0 Å². The van der Waals surface area contributed by atoms with Crippen molar-refractivity contribution in [2.24, 2.45) is 17.6 Å². The zero-order chi connectivity index (χ0) is 38.2. The molecule has 53 heavy (non-hydrogen) atoms. The van der Waals surface area contributed by atoms with Crippen LogP contribution in [0.1, 0.15) is 120 Å². The van der Waals surface area contributed by atoms with E-state index in [-0.39, 0.29) is 11.9 Å². The Kier molecular flexibility index (Phi) is 18.0. The molecule has 0 aromatic heterocycles. The molecule has 0 bridgehead atoms. The SMILES string of the molecule is CC.CCOC(=O)CN1CCC(CN2CCN(C(=O)CC3CCCCC3)CC2)CC1.CN(CC(=O)N1CCCC(c2cccc(C(N)=O)c2)C1)C1CC1. The summed E-state index contributed by atoms with van der Waals surface area (Å²) in [5.74, 6) is 1.74. The van der Waals surface area contributed by atoms with E-state index in [9.17, 15) is 19.2 Å². The van der Waals surface area contributed by atoms with Gasteiger partial charge < -0.3 is 20.3 Å². The van der Waals surface area contributed by atoms with Gasteiger partial charge in [-0.3, -0.25) is 33.9 Å². The number of nitrogens with zero attached hydrogens (tertiary/aromatic N) is 5. The van der Waals surface area contributed by atoms with Gasteiger partial charge in [0, 0.05) is 69.8 Å². The van der Waals surface area contributed by atoms with Gasteiger partial charge in [0.2, 0.25) is 17.7 Å². The van der Waals surface area contributed by atoms with Crippen molar-refractivity contribution in [3.8, 4) is 0 Å². The molecule has 6 rings (SSSR count). The van der Waals surface area contributed by atoms with Crippen molar-refractivity contribution in [3.63, 3.8) is 0 Å². The maximum atomic E-state index is 12.6. The van der Waals surface area contributed by atoms with Crippen molar-refractivity contribution in [3.05, 3.63) is 35.4 Å². The number of hydrogen-bond donors (Lipinski definition) is 1. The minimum Gasteiger partial charge on any atom is -0.465 e. The number of likely N-dealkylation sites (tertiary alicyclic amines) is 2. The second-order valence-electron chi connectivity index (χ2n) is 15.7. The summed E-state index contributed by atoms with van der Waals surface area (Å²) in [7, 11) is 2.04. The van der Waals surface area contributed by atoms with E-state index >= 15 is 0 Å². The number of benzene rings is 1. The number of ether oxygens (including phenoxy) is 1. The number of piperazine rings is 1. The number of likely N-dealkylation sites (N-methyl/N-ethyl adjacent to an activating group) is 1. The number of hydrogen-bond acceptors (Lipinski definition) is 8. The Morgan fingerprint density at radius 1 is 0.774 bits per heavy atom. The average molecular weight is 739 g/mol. The molecule has 2 saturated carbocycles. The highest BCUT2D eigenvalue weighted by Gasteiger charge is 2.31. The summed E-state index contributed by atoms with van der Waals surface area (Å²) >= 11 is 0. The summed E-state index contributed by atoms with van der Waals surface area (Å²) < 4.78 is 5.05. The molecule has 298 valence electrons. The van der Waals surface area contributed by atoms with Crippen LogP contribution in [0.5, 0.6) is 0 Å². The van der Waals surface area contributed by atoms with Gasteiger partial charge in [0.05, 0.1) is 19.7 Å². The maximum Gasteiger partial charge on any atom is 0.320 e. The first-order valence-electron chi connectivity index (χ1n) is 20.9. The lowest BCUT2D eigenvalue weighted by atomic mass is 9.86. The third-order valence-electron chi connectivity index (χ3n) is 11.8. The minimum atomic E-state index is -0.401. The Balaban J connectivity index is 0.000000230. The van der Waals surface area contributed by atoms with Gasteiger partial charge >= 0.3 is 5.97 Å². The Hall–Kier alpha value is -3.02. The van der Waals surface area contributed by atoms with Crippen molar-refractivity contribution in [2.75, 3.05) is 85.6 Å². The van der Waals surface area contributed by atoms with E-state index in [1.54, 1.807) is 6.07 Å². The summed E-state index contributed by atoms with van der Waals surface area (Å²) in [4.78, 5) is 59.1. The van der Waals surface area contributed by atoms with E-state index in [0.717, 1.165) is 96.6 Å². The fourth-order valence-electron chi connectivity index (χ4n) is 8.41. The van der Waals surface area contributed by atoms with Crippen molar-refractivity contribution >= 4 is 23.7 Å². The Morgan fingerprint density at radius 2 is 1.47 bits per heavy atom. The van der Waals surface area contributed by atoms with Gasteiger partial charge in [-0.15, -0.1) is 0 Å². The normalized spacial score (nSPS) is 21.9. The molecule has 5 aliphatic rings. The number of piperidine rings is 2. The molecule has 2 aliphatic carbocycles. The maximum absolute atomic E-state index is 12.6. The predicted octanol–water partition coefficient (Wildman–Crippen LogP) is 4.99. The molecular formula is C42H70N6O5. The first-order chi connectivity index (χ1) is 25.7. The molecule has 0 radical (unpaired) electrons. The second-order valence-corrected chi connectivity index (χ2v) is 15.7. The molecule has 5 fully saturated rings. The highest BCUT2D eigenvalue weighted by Crippen LogP contribution is 2.30. The number of carbonyl (C=O) groups excluding carboxylic acids is 4. The van der Waals surface area contributed by atoms with Crippen molar-refractivity contribution in [2.45, 2.75) is 110 Å². The first-order valence-corrected chi connectivity index (χ1v) is 20.9. The van der Waals surface area contributed by atoms with Gasteiger partial charge in [0.15, 0.2) is 0 Å². The van der Waals surface area contributed by atoms with Crippen LogP contribution in [0.25, 0.3) is 0 Å². The highest BCUT2D eigenvalue weighted by molar-refractivity contribution is 5.93. The van der Waals surface area contributed by atoms with Gasteiger partial charge in [-0.2, -0.15) is 0 Å². The number of rotatable bonds is 12. The molecule has 3 amide bonds. The van der Waals surface area contributed by atoms with Crippen LogP contribution in [0, 0.1) is 11.8 Å². The largest absolute Gasteiger partial charge is 0.465 e. The third-order valence-corrected chi connectivity index (χ3v) is 11.8. The first kappa shape index (κ1) is 42.7. The molecule has 3 heterocycles. The summed E-state index contributed by atoms with van der Waals surface area (Å²) in [6, 6.07) is 8.12. The van der Waals surface area contributed by atoms with Crippen LogP contribution in [0.4, 0.5) is 0 Å². The van der Waals surface area contributed by atoms with Crippen LogP contribution in [0.15, 0.2) is 24.3 Å². The van der Waals surface area contributed by atoms with Crippen molar-refractivity contribution in [1.82, 2.24) is 24.5 Å². The second kappa shape index (κ2) is 22.4. The summed E-state index contributed by atoms with van der Waals surface area (Å²) in [5, 5.41) is 0.